The number of carbonyl (C=O) groups excluding carboxylic acids is 1. The first kappa shape index (κ1) is 14.7. The minimum Gasteiger partial charge on any atom is -0.389 e. The predicted octanol–water partition coefficient (Wildman–Crippen LogP) is 2.72. The highest BCUT2D eigenvalue weighted by molar-refractivity contribution is 7.80. The zero-order chi connectivity index (χ0) is 14.7. The highest BCUT2D eigenvalue weighted by Gasteiger charge is 2.21. The van der Waals surface area contributed by atoms with Crippen LogP contribution < -0.4 is 11.1 Å². The molecule has 108 valence electrons. The largest absolute Gasteiger partial charge is 0.389 e. The quantitative estimate of drug-likeness (QED) is 0.825. The smallest absolute Gasteiger partial charge is 0.321 e. The average Bonchev–Trinajstić information content (AvgIpc) is 2.40. The number of nitrogens with one attached hydrogen (secondary N) is 1. The lowest BCUT2D eigenvalue weighted by atomic mass is 10.0. The molecule has 1 aromatic carbocycles. The lowest BCUT2D eigenvalue weighted by molar-refractivity contribution is 0.182. The summed E-state index contributed by atoms with van der Waals surface area (Å²) in [5, 5.41) is 2.76. The molecule has 1 aromatic rings. The van der Waals surface area contributed by atoms with Crippen molar-refractivity contribution in [3.8, 4) is 0 Å². The fraction of sp³-hybridized carbons (Fsp3) is 0.429. The number of anilines is 1. The van der Waals surface area contributed by atoms with Gasteiger partial charge in [0.15, 0.2) is 0 Å². The van der Waals surface area contributed by atoms with Crippen LogP contribution in [0.25, 0.3) is 0 Å². The molecule has 20 heavy (non-hydrogen) atoms. The average molecular weight is 295 g/mol. The molecule has 0 saturated carbocycles. The van der Waals surface area contributed by atoms with Crippen LogP contribution in [0.2, 0.25) is 0 Å². The Labute approximate surface area is 123 Å². The summed E-state index contributed by atoms with van der Waals surface area (Å²) in [6, 6.07) is 3.79. The number of thiocarbonyl (C=S) groups is 1. The van der Waals surface area contributed by atoms with Crippen molar-refractivity contribution in [2.24, 2.45) is 11.7 Å². The van der Waals surface area contributed by atoms with Gasteiger partial charge in [-0.25, -0.2) is 9.18 Å². The number of nitrogens with two attached hydrogens (primary N) is 1. The van der Waals surface area contributed by atoms with Gasteiger partial charge in [0.05, 0.1) is 5.69 Å². The minimum atomic E-state index is -0.433. The van der Waals surface area contributed by atoms with E-state index in [4.69, 9.17) is 18.0 Å². The molecule has 1 fully saturated rings. The van der Waals surface area contributed by atoms with Gasteiger partial charge in [-0.1, -0.05) is 19.1 Å². The van der Waals surface area contributed by atoms with E-state index in [1.807, 2.05) is 0 Å². The van der Waals surface area contributed by atoms with Gasteiger partial charge >= 0.3 is 6.03 Å². The van der Waals surface area contributed by atoms with E-state index in [1.165, 1.54) is 18.2 Å². The molecule has 1 unspecified atom stereocenters. The van der Waals surface area contributed by atoms with Crippen LogP contribution in [0.15, 0.2) is 18.2 Å². The molecule has 3 N–H and O–H groups in total. The SMILES string of the molecule is CC1CCCN(C(=O)Nc2ccc(F)cc2C(N)=S)C1. The van der Waals surface area contributed by atoms with Crippen molar-refractivity contribution >= 4 is 28.9 Å². The molecule has 1 saturated heterocycles. The first-order valence-electron chi connectivity index (χ1n) is 6.62. The van der Waals surface area contributed by atoms with Crippen molar-refractivity contribution in [3.05, 3.63) is 29.6 Å². The second kappa shape index (κ2) is 6.17. The van der Waals surface area contributed by atoms with Crippen molar-refractivity contribution in [1.82, 2.24) is 4.90 Å². The number of carbonyl (C=O) groups is 1. The Kier molecular flexibility index (Phi) is 4.54. The van der Waals surface area contributed by atoms with E-state index < -0.39 is 5.82 Å². The molecule has 0 aliphatic carbocycles. The van der Waals surface area contributed by atoms with Crippen molar-refractivity contribution < 1.29 is 9.18 Å². The highest BCUT2D eigenvalue weighted by atomic mass is 32.1. The van der Waals surface area contributed by atoms with Gasteiger partial charge in [-0.2, -0.15) is 0 Å². The number of hydrogen-bond acceptors (Lipinski definition) is 2. The zero-order valence-corrected chi connectivity index (χ0v) is 12.2. The van der Waals surface area contributed by atoms with Crippen LogP contribution in [0.1, 0.15) is 25.3 Å². The van der Waals surface area contributed by atoms with Crippen LogP contribution in [0.4, 0.5) is 14.9 Å². The lowest BCUT2D eigenvalue weighted by Gasteiger charge is -2.31. The molecule has 1 heterocycles. The van der Waals surface area contributed by atoms with E-state index in [0.29, 0.717) is 17.2 Å². The summed E-state index contributed by atoms with van der Waals surface area (Å²) in [6.07, 6.45) is 2.14. The molecule has 1 atom stereocenters. The van der Waals surface area contributed by atoms with Crippen LogP contribution in [0.3, 0.4) is 0 Å². The molecule has 1 aliphatic rings. The summed E-state index contributed by atoms with van der Waals surface area (Å²) in [5.41, 5.74) is 6.35. The Hall–Kier alpha value is -1.69. The van der Waals surface area contributed by atoms with Crippen LogP contribution in [-0.4, -0.2) is 29.0 Å². The van der Waals surface area contributed by atoms with Crippen LogP contribution in [-0.2, 0) is 0 Å². The number of piperidine rings is 1. The third-order valence-electron chi connectivity index (χ3n) is 3.43. The first-order chi connectivity index (χ1) is 9.47. The first-order valence-corrected chi connectivity index (χ1v) is 7.03. The predicted molar refractivity (Wildman–Crippen MR) is 81.3 cm³/mol. The number of likely N-dealkylation sites (tertiary alicyclic amines) is 1. The third kappa shape index (κ3) is 3.45. The number of halogens is 1. The molecular formula is C14H18FN3OS. The third-order valence-corrected chi connectivity index (χ3v) is 3.65. The van der Waals surface area contributed by atoms with Crippen molar-refractivity contribution in [2.45, 2.75) is 19.8 Å². The molecule has 2 amide bonds. The van der Waals surface area contributed by atoms with Gasteiger partial charge in [-0.15, -0.1) is 0 Å². The van der Waals surface area contributed by atoms with Crippen molar-refractivity contribution in [3.63, 3.8) is 0 Å². The van der Waals surface area contributed by atoms with E-state index in [0.717, 1.165) is 25.9 Å². The van der Waals surface area contributed by atoms with Crippen LogP contribution in [0.5, 0.6) is 0 Å². The maximum atomic E-state index is 13.2. The molecule has 1 aliphatic heterocycles. The van der Waals surface area contributed by atoms with E-state index in [-0.39, 0.29) is 11.0 Å². The minimum absolute atomic E-state index is 0.0619. The van der Waals surface area contributed by atoms with Gasteiger partial charge in [0.25, 0.3) is 0 Å². The summed E-state index contributed by atoms with van der Waals surface area (Å²) < 4.78 is 13.2. The molecule has 2 rings (SSSR count). The molecule has 0 aromatic heterocycles. The Morgan fingerprint density at radius 3 is 2.95 bits per heavy atom. The van der Waals surface area contributed by atoms with Gasteiger partial charge < -0.3 is 16.0 Å². The molecule has 4 nitrogen and oxygen atoms in total. The Morgan fingerprint density at radius 1 is 1.55 bits per heavy atom. The van der Waals surface area contributed by atoms with Gasteiger partial charge in [0.1, 0.15) is 10.8 Å². The van der Waals surface area contributed by atoms with Crippen molar-refractivity contribution in [1.29, 1.82) is 0 Å². The highest BCUT2D eigenvalue weighted by Crippen LogP contribution is 2.20. The Bertz CT molecular complexity index is 535. The molecule has 0 bridgehead atoms. The molecular weight excluding hydrogens is 277 g/mol. The number of urea groups is 1. The second-order valence-corrected chi connectivity index (χ2v) is 5.62. The Balaban J connectivity index is 2.13. The number of benzene rings is 1. The topological polar surface area (TPSA) is 58.4 Å². The fourth-order valence-corrected chi connectivity index (χ4v) is 2.57. The lowest BCUT2D eigenvalue weighted by Crippen LogP contribution is -2.41. The van der Waals surface area contributed by atoms with E-state index >= 15 is 0 Å². The summed E-state index contributed by atoms with van der Waals surface area (Å²) in [7, 11) is 0. The van der Waals surface area contributed by atoms with E-state index in [1.54, 1.807) is 4.90 Å². The van der Waals surface area contributed by atoms with Crippen LogP contribution in [0, 0.1) is 11.7 Å². The Morgan fingerprint density at radius 2 is 2.30 bits per heavy atom. The molecule has 6 heteroatoms. The van der Waals surface area contributed by atoms with Crippen LogP contribution >= 0.6 is 12.2 Å². The maximum absolute atomic E-state index is 13.2. The zero-order valence-electron chi connectivity index (χ0n) is 11.4. The number of nitrogens with zero attached hydrogens (tertiary/aromatic N) is 1. The van der Waals surface area contributed by atoms with Gasteiger partial charge in [0, 0.05) is 18.7 Å². The normalized spacial score (nSPS) is 18.7. The summed E-state index contributed by atoms with van der Waals surface area (Å²) >= 11 is 4.88. The van der Waals surface area contributed by atoms with Gasteiger partial charge in [-0.3, -0.25) is 0 Å². The summed E-state index contributed by atoms with van der Waals surface area (Å²) in [6.45, 7) is 3.59. The van der Waals surface area contributed by atoms with Gasteiger partial charge in [0.2, 0.25) is 0 Å². The monoisotopic (exact) mass is 295 g/mol. The fourth-order valence-electron chi connectivity index (χ4n) is 2.40. The molecule has 0 spiro atoms. The number of hydrogen-bond donors (Lipinski definition) is 2. The maximum Gasteiger partial charge on any atom is 0.321 e. The van der Waals surface area contributed by atoms with E-state index in [9.17, 15) is 9.18 Å². The summed E-state index contributed by atoms with van der Waals surface area (Å²) in [4.78, 5) is 14.0. The summed E-state index contributed by atoms with van der Waals surface area (Å²) in [5.74, 6) is 0.0650. The molecule has 0 radical (unpaired) electrons. The van der Waals surface area contributed by atoms with E-state index in [2.05, 4.69) is 12.2 Å². The standard InChI is InChI=1S/C14H18FN3OS/c1-9-3-2-6-18(8-9)14(19)17-12-5-4-10(15)7-11(12)13(16)20/h4-5,7,9H,2-3,6,8H2,1H3,(H2,16,20)(H,17,19). The van der Waals surface area contributed by atoms with Crippen molar-refractivity contribution in [2.75, 3.05) is 18.4 Å². The number of amides is 2. The number of rotatable bonds is 2. The second-order valence-electron chi connectivity index (χ2n) is 5.18. The van der Waals surface area contributed by atoms with Gasteiger partial charge in [-0.05, 0) is 37.0 Å².